The summed E-state index contributed by atoms with van der Waals surface area (Å²) in [6.45, 7) is 7.24. The Morgan fingerprint density at radius 3 is 2.96 bits per heavy atom. The predicted molar refractivity (Wildman–Crippen MR) is 94.2 cm³/mol. The molecule has 3 fully saturated rings. The molecule has 6 heteroatoms. The molecular formula is C18H27N3O2S. The number of thiazole rings is 1. The SMILES string of the molecule is CC(NC(=O)NC1C2CCCOC2C1(C)C)c1csc(C2CC2)n1. The molecule has 0 radical (unpaired) electrons. The van der Waals surface area contributed by atoms with Crippen LogP contribution in [0.25, 0.3) is 0 Å². The van der Waals surface area contributed by atoms with E-state index in [1.807, 2.05) is 6.92 Å². The Kier molecular flexibility index (Phi) is 4.07. The van der Waals surface area contributed by atoms with Crippen LogP contribution in [-0.4, -0.2) is 29.8 Å². The van der Waals surface area contributed by atoms with Crippen molar-refractivity contribution >= 4 is 17.4 Å². The molecule has 1 aliphatic heterocycles. The normalized spacial score (nSPS) is 32.4. The van der Waals surface area contributed by atoms with Gasteiger partial charge in [-0.2, -0.15) is 0 Å². The number of fused-ring (bicyclic) bond motifs is 1. The van der Waals surface area contributed by atoms with E-state index in [2.05, 4.69) is 34.8 Å². The highest BCUT2D eigenvalue weighted by Crippen LogP contribution is 2.51. The quantitative estimate of drug-likeness (QED) is 0.873. The number of carbonyl (C=O) groups excluding carboxylic acids is 1. The molecule has 2 heterocycles. The number of nitrogens with one attached hydrogen (secondary N) is 2. The van der Waals surface area contributed by atoms with Gasteiger partial charge in [0.05, 0.1) is 22.8 Å². The molecule has 2 saturated carbocycles. The third kappa shape index (κ3) is 2.84. The lowest BCUT2D eigenvalue weighted by Crippen LogP contribution is -2.70. The minimum Gasteiger partial charge on any atom is -0.377 e. The zero-order valence-electron chi connectivity index (χ0n) is 14.7. The highest BCUT2D eigenvalue weighted by atomic mass is 32.1. The van der Waals surface area contributed by atoms with E-state index in [4.69, 9.17) is 4.74 Å². The lowest BCUT2D eigenvalue weighted by Gasteiger charge is -2.59. The van der Waals surface area contributed by atoms with Crippen LogP contribution in [-0.2, 0) is 4.74 Å². The highest BCUT2D eigenvalue weighted by molar-refractivity contribution is 7.09. The maximum Gasteiger partial charge on any atom is 0.315 e. The van der Waals surface area contributed by atoms with Crippen LogP contribution in [0.2, 0.25) is 0 Å². The fraction of sp³-hybridized carbons (Fsp3) is 0.778. The molecule has 1 saturated heterocycles. The Labute approximate surface area is 147 Å². The van der Waals surface area contributed by atoms with Crippen molar-refractivity contribution in [2.24, 2.45) is 11.3 Å². The molecule has 4 atom stereocenters. The van der Waals surface area contributed by atoms with Gasteiger partial charge in [0.1, 0.15) is 0 Å². The summed E-state index contributed by atoms with van der Waals surface area (Å²) in [5.74, 6) is 1.12. The Morgan fingerprint density at radius 1 is 1.42 bits per heavy atom. The summed E-state index contributed by atoms with van der Waals surface area (Å²) < 4.78 is 5.91. The molecule has 0 bridgehead atoms. The van der Waals surface area contributed by atoms with E-state index in [1.54, 1.807) is 11.3 Å². The first kappa shape index (κ1) is 16.3. The van der Waals surface area contributed by atoms with Crippen LogP contribution in [0, 0.1) is 11.3 Å². The van der Waals surface area contributed by atoms with E-state index in [-0.39, 0.29) is 29.6 Å². The summed E-state index contributed by atoms with van der Waals surface area (Å²) in [4.78, 5) is 17.1. The summed E-state index contributed by atoms with van der Waals surface area (Å²) in [5.41, 5.74) is 0.981. The van der Waals surface area contributed by atoms with Gasteiger partial charge in [-0.3, -0.25) is 0 Å². The van der Waals surface area contributed by atoms with Crippen LogP contribution in [0.3, 0.4) is 0 Å². The average molecular weight is 350 g/mol. The summed E-state index contributed by atoms with van der Waals surface area (Å²) >= 11 is 1.72. The van der Waals surface area contributed by atoms with Crippen LogP contribution in [0.1, 0.15) is 69.1 Å². The third-order valence-corrected chi connectivity index (χ3v) is 6.90. The monoisotopic (exact) mass is 349 g/mol. The molecule has 2 N–H and O–H groups in total. The number of nitrogens with zero attached hydrogens (tertiary/aromatic N) is 1. The van der Waals surface area contributed by atoms with Crippen molar-refractivity contribution in [2.45, 2.75) is 70.6 Å². The van der Waals surface area contributed by atoms with Crippen LogP contribution in [0.15, 0.2) is 5.38 Å². The Morgan fingerprint density at radius 2 is 2.21 bits per heavy atom. The zero-order chi connectivity index (χ0) is 16.9. The topological polar surface area (TPSA) is 63.2 Å². The molecule has 4 unspecified atom stereocenters. The number of amides is 2. The largest absolute Gasteiger partial charge is 0.377 e. The van der Waals surface area contributed by atoms with Gasteiger partial charge in [0, 0.05) is 35.3 Å². The summed E-state index contributed by atoms with van der Waals surface area (Å²) in [6.07, 6.45) is 5.04. The molecule has 2 amide bonds. The van der Waals surface area contributed by atoms with Gasteiger partial charge >= 0.3 is 6.03 Å². The molecule has 24 heavy (non-hydrogen) atoms. The number of aromatic nitrogens is 1. The molecular weight excluding hydrogens is 322 g/mol. The van der Waals surface area contributed by atoms with Gasteiger partial charge in [-0.25, -0.2) is 9.78 Å². The van der Waals surface area contributed by atoms with E-state index in [0.29, 0.717) is 11.8 Å². The van der Waals surface area contributed by atoms with Gasteiger partial charge in [0.2, 0.25) is 0 Å². The fourth-order valence-electron chi connectivity index (χ4n) is 4.29. The van der Waals surface area contributed by atoms with Crippen LogP contribution in [0.4, 0.5) is 4.79 Å². The smallest absolute Gasteiger partial charge is 0.315 e. The lowest BCUT2D eigenvalue weighted by molar-refractivity contribution is -0.189. The summed E-state index contributed by atoms with van der Waals surface area (Å²) in [7, 11) is 0. The number of urea groups is 1. The number of hydrogen-bond donors (Lipinski definition) is 2. The van der Waals surface area contributed by atoms with Crippen molar-refractivity contribution in [1.82, 2.24) is 15.6 Å². The summed E-state index contributed by atoms with van der Waals surface area (Å²) in [5, 5.41) is 9.55. The van der Waals surface area contributed by atoms with E-state index in [9.17, 15) is 4.79 Å². The molecule has 3 aliphatic rings. The molecule has 5 nitrogen and oxygen atoms in total. The van der Waals surface area contributed by atoms with Gasteiger partial charge in [-0.1, -0.05) is 13.8 Å². The van der Waals surface area contributed by atoms with Gasteiger partial charge in [0.25, 0.3) is 0 Å². The minimum atomic E-state index is -0.0921. The van der Waals surface area contributed by atoms with Crippen molar-refractivity contribution in [3.63, 3.8) is 0 Å². The first-order valence-corrected chi connectivity index (χ1v) is 9.98. The predicted octanol–water partition coefficient (Wildman–Crippen LogP) is 3.58. The molecule has 1 aromatic heterocycles. The van der Waals surface area contributed by atoms with Gasteiger partial charge in [-0.05, 0) is 32.6 Å². The third-order valence-electron chi connectivity index (χ3n) is 5.88. The molecule has 0 aromatic carbocycles. The fourth-order valence-corrected chi connectivity index (χ4v) is 5.37. The molecule has 4 rings (SSSR count). The molecule has 0 spiro atoms. The number of rotatable bonds is 4. The molecule has 1 aromatic rings. The van der Waals surface area contributed by atoms with Gasteiger partial charge in [0.15, 0.2) is 0 Å². The van der Waals surface area contributed by atoms with Crippen molar-refractivity contribution < 1.29 is 9.53 Å². The second kappa shape index (κ2) is 5.99. The van der Waals surface area contributed by atoms with Crippen molar-refractivity contribution in [3.05, 3.63) is 16.1 Å². The maximum absolute atomic E-state index is 12.5. The second-order valence-electron chi connectivity index (χ2n) is 8.12. The lowest BCUT2D eigenvalue weighted by atomic mass is 9.55. The second-order valence-corrected chi connectivity index (χ2v) is 9.01. The average Bonchev–Trinajstić information content (AvgIpc) is 3.29. The maximum atomic E-state index is 12.5. The van der Waals surface area contributed by atoms with Crippen LogP contribution in [0.5, 0.6) is 0 Å². The van der Waals surface area contributed by atoms with E-state index in [0.717, 1.165) is 25.1 Å². The van der Waals surface area contributed by atoms with Crippen LogP contribution >= 0.6 is 11.3 Å². The first-order valence-electron chi connectivity index (χ1n) is 9.11. The van der Waals surface area contributed by atoms with Gasteiger partial charge < -0.3 is 15.4 Å². The number of ether oxygens (including phenoxy) is 1. The van der Waals surface area contributed by atoms with Crippen molar-refractivity contribution in [3.8, 4) is 0 Å². The van der Waals surface area contributed by atoms with Crippen LogP contribution < -0.4 is 10.6 Å². The Hall–Kier alpha value is -1.14. The number of hydrogen-bond acceptors (Lipinski definition) is 4. The standard InChI is InChI=1S/C18H27N3O2S/c1-10(13-9-24-16(20-13)11-6-7-11)19-17(22)21-14-12-5-4-8-23-15(12)18(14,2)3/h9-12,14-15H,4-8H2,1-3H3,(H2,19,21,22). The number of carbonyl (C=O) groups is 1. The van der Waals surface area contributed by atoms with E-state index < -0.39 is 0 Å². The Bertz CT molecular complexity index is 626. The van der Waals surface area contributed by atoms with Crippen molar-refractivity contribution in [2.75, 3.05) is 6.61 Å². The summed E-state index contributed by atoms with van der Waals surface area (Å²) in [6, 6.07) is 0.0355. The zero-order valence-corrected chi connectivity index (χ0v) is 15.5. The molecule has 2 aliphatic carbocycles. The highest BCUT2D eigenvalue weighted by Gasteiger charge is 2.58. The van der Waals surface area contributed by atoms with Gasteiger partial charge in [-0.15, -0.1) is 11.3 Å². The van der Waals surface area contributed by atoms with E-state index in [1.165, 1.54) is 17.8 Å². The molecule has 132 valence electrons. The minimum absolute atomic E-state index is 0.00540. The van der Waals surface area contributed by atoms with Crippen molar-refractivity contribution in [1.29, 1.82) is 0 Å². The first-order chi connectivity index (χ1) is 11.5. The Balaban J connectivity index is 1.34. The van der Waals surface area contributed by atoms with E-state index >= 15 is 0 Å².